The fourth-order valence-corrected chi connectivity index (χ4v) is 4.93. The Kier molecular flexibility index (Phi) is 9.77. The summed E-state index contributed by atoms with van der Waals surface area (Å²) in [6, 6.07) is 8.06. The molecule has 1 aromatic rings. The summed E-state index contributed by atoms with van der Waals surface area (Å²) in [7, 11) is 1.67. The van der Waals surface area contributed by atoms with Crippen LogP contribution in [0.3, 0.4) is 0 Å². The fourth-order valence-electron chi connectivity index (χ4n) is 4.81. The summed E-state index contributed by atoms with van der Waals surface area (Å²) in [5.41, 5.74) is 1.94. The molecule has 0 spiro atoms. The van der Waals surface area contributed by atoms with Crippen LogP contribution in [0.15, 0.2) is 48.1 Å². The van der Waals surface area contributed by atoms with Crippen LogP contribution in [0, 0.1) is 0 Å². The van der Waals surface area contributed by atoms with Crippen LogP contribution in [0.25, 0.3) is 0 Å². The Balaban J connectivity index is 1.17. The summed E-state index contributed by atoms with van der Waals surface area (Å²) in [6.07, 6.45) is 9.16. The second kappa shape index (κ2) is 13.0. The molecule has 2 saturated heterocycles. The Morgan fingerprint density at radius 2 is 1.89 bits per heavy atom. The van der Waals surface area contributed by atoms with Crippen molar-refractivity contribution in [1.29, 1.82) is 0 Å². The molecule has 35 heavy (non-hydrogen) atoms. The van der Waals surface area contributed by atoms with Crippen molar-refractivity contribution >= 4 is 17.5 Å². The third-order valence-corrected chi connectivity index (χ3v) is 7.24. The van der Waals surface area contributed by atoms with Gasteiger partial charge < -0.3 is 19.5 Å². The third-order valence-electron chi connectivity index (χ3n) is 6.99. The number of carbonyl (C=O) groups excluding carboxylic acids is 1. The van der Waals surface area contributed by atoms with Crippen LogP contribution in [0.2, 0.25) is 5.02 Å². The minimum absolute atomic E-state index is 0.0385. The van der Waals surface area contributed by atoms with Gasteiger partial charge in [0, 0.05) is 63.4 Å². The molecule has 7 nitrogen and oxygen atoms in total. The number of carbonyl (C=O) groups is 1. The lowest BCUT2D eigenvalue weighted by molar-refractivity contribution is -0.220. The molecule has 0 aromatic heterocycles. The van der Waals surface area contributed by atoms with E-state index >= 15 is 0 Å². The predicted octanol–water partition coefficient (Wildman–Crippen LogP) is 3.39. The number of benzene rings is 1. The van der Waals surface area contributed by atoms with Crippen LogP contribution in [-0.4, -0.2) is 87.2 Å². The van der Waals surface area contributed by atoms with Crippen molar-refractivity contribution in [2.45, 2.75) is 44.1 Å². The number of hydrogen-bond acceptors (Lipinski definition) is 6. The first-order valence-corrected chi connectivity index (χ1v) is 13.1. The molecule has 1 aromatic carbocycles. The van der Waals surface area contributed by atoms with E-state index in [9.17, 15) is 4.79 Å². The molecule has 1 N–H and O–H groups in total. The van der Waals surface area contributed by atoms with Crippen LogP contribution in [0.5, 0.6) is 0 Å². The summed E-state index contributed by atoms with van der Waals surface area (Å²) in [5.74, 6) is -0.841. The van der Waals surface area contributed by atoms with Gasteiger partial charge >= 0.3 is 0 Å². The van der Waals surface area contributed by atoms with E-state index in [0.29, 0.717) is 18.5 Å². The van der Waals surface area contributed by atoms with E-state index in [2.05, 4.69) is 27.2 Å². The fraction of sp³-hybridized carbons (Fsp3) is 0.593. The maximum atomic E-state index is 12.6. The van der Waals surface area contributed by atoms with Gasteiger partial charge in [0.2, 0.25) is 0 Å². The molecule has 0 saturated carbocycles. The topological polar surface area (TPSA) is 63.3 Å². The first-order chi connectivity index (χ1) is 17.0. The predicted molar refractivity (Wildman–Crippen MR) is 137 cm³/mol. The number of nitrogens with zero attached hydrogens (tertiary/aromatic N) is 2. The van der Waals surface area contributed by atoms with E-state index < -0.39 is 5.79 Å². The number of amides is 1. The number of morpholine rings is 1. The number of nitrogens with one attached hydrogen (secondary N) is 1. The second-order valence-electron chi connectivity index (χ2n) is 9.50. The Labute approximate surface area is 214 Å². The number of ether oxygens (including phenoxy) is 3. The normalized spacial score (nSPS) is 24.3. The molecule has 3 aliphatic rings. The van der Waals surface area contributed by atoms with E-state index in [4.69, 9.17) is 25.8 Å². The Hall–Kier alpha value is -1.74. The highest BCUT2D eigenvalue weighted by Crippen LogP contribution is 2.30. The SMILES string of the molecule is COC1(OC2CCN(Cc3ccc(Cl)cc3)CC2)C=CC(C(=O)NCCCN2CCOCC2)=CC1. The molecule has 1 aliphatic carbocycles. The summed E-state index contributed by atoms with van der Waals surface area (Å²) in [5, 5.41) is 3.80. The van der Waals surface area contributed by atoms with E-state index in [-0.39, 0.29) is 12.0 Å². The van der Waals surface area contributed by atoms with Crippen LogP contribution in [-0.2, 0) is 25.5 Å². The maximum absolute atomic E-state index is 12.6. The lowest BCUT2D eigenvalue weighted by Crippen LogP contribution is -2.43. The van der Waals surface area contributed by atoms with Crippen molar-refractivity contribution in [3.63, 3.8) is 0 Å². The van der Waals surface area contributed by atoms with Gasteiger partial charge in [-0.2, -0.15) is 0 Å². The number of hydrogen-bond donors (Lipinski definition) is 1. The molecular weight excluding hydrogens is 466 g/mol. The number of methoxy groups -OCH3 is 1. The molecule has 192 valence electrons. The minimum atomic E-state index is -0.802. The van der Waals surface area contributed by atoms with E-state index in [1.165, 1.54) is 5.56 Å². The first kappa shape index (κ1) is 26.3. The van der Waals surface area contributed by atoms with Crippen LogP contribution < -0.4 is 5.32 Å². The van der Waals surface area contributed by atoms with Crippen LogP contribution >= 0.6 is 11.6 Å². The molecule has 1 amide bonds. The van der Waals surface area contributed by atoms with Crippen molar-refractivity contribution in [3.8, 4) is 0 Å². The smallest absolute Gasteiger partial charge is 0.250 e. The highest BCUT2D eigenvalue weighted by molar-refractivity contribution is 6.30. The van der Waals surface area contributed by atoms with Crippen LogP contribution in [0.4, 0.5) is 0 Å². The zero-order valence-electron chi connectivity index (χ0n) is 20.7. The van der Waals surface area contributed by atoms with E-state index in [0.717, 1.165) is 76.8 Å². The molecule has 2 heterocycles. The highest BCUT2D eigenvalue weighted by atomic mass is 35.5. The van der Waals surface area contributed by atoms with Gasteiger partial charge in [0.05, 0.1) is 19.3 Å². The Bertz CT molecular complexity index is 877. The van der Waals surface area contributed by atoms with Crippen molar-refractivity contribution < 1.29 is 19.0 Å². The number of piperidine rings is 1. The number of rotatable bonds is 10. The molecule has 4 rings (SSSR count). The largest absolute Gasteiger partial charge is 0.379 e. The number of likely N-dealkylation sites (tertiary alicyclic amines) is 1. The Morgan fingerprint density at radius 3 is 2.54 bits per heavy atom. The molecule has 0 bridgehead atoms. The third kappa shape index (κ3) is 7.87. The van der Waals surface area contributed by atoms with Crippen LogP contribution in [0.1, 0.15) is 31.2 Å². The zero-order valence-corrected chi connectivity index (χ0v) is 21.5. The van der Waals surface area contributed by atoms with Gasteiger partial charge in [-0.15, -0.1) is 0 Å². The molecule has 1 unspecified atom stereocenters. The second-order valence-corrected chi connectivity index (χ2v) is 9.93. The summed E-state index contributed by atoms with van der Waals surface area (Å²) >= 11 is 6.00. The maximum Gasteiger partial charge on any atom is 0.250 e. The molecular formula is C27H38ClN3O4. The standard InChI is InChI=1S/C27H38ClN3O4/c1-33-27(35-25-9-15-31(16-10-25)21-22-3-5-24(28)6-4-22)11-7-23(8-12-27)26(32)29-13-2-14-30-17-19-34-20-18-30/h3-8,11,25H,2,9-10,12-21H2,1H3,(H,29,32). The van der Waals surface area contributed by atoms with Crippen molar-refractivity contribution in [3.05, 3.63) is 58.7 Å². The van der Waals surface area contributed by atoms with E-state index in [1.54, 1.807) is 7.11 Å². The van der Waals surface area contributed by atoms with Gasteiger partial charge in [0.15, 0.2) is 5.79 Å². The molecule has 2 aliphatic heterocycles. The minimum Gasteiger partial charge on any atom is -0.379 e. The summed E-state index contributed by atoms with van der Waals surface area (Å²) < 4.78 is 17.6. The molecule has 0 radical (unpaired) electrons. The van der Waals surface area contributed by atoms with Crippen molar-refractivity contribution in [1.82, 2.24) is 15.1 Å². The lowest BCUT2D eigenvalue weighted by atomic mass is 9.99. The first-order valence-electron chi connectivity index (χ1n) is 12.7. The monoisotopic (exact) mass is 503 g/mol. The van der Waals surface area contributed by atoms with Gasteiger partial charge in [0.25, 0.3) is 5.91 Å². The van der Waals surface area contributed by atoms with Gasteiger partial charge in [-0.3, -0.25) is 14.6 Å². The lowest BCUT2D eigenvalue weighted by Gasteiger charge is -2.38. The summed E-state index contributed by atoms with van der Waals surface area (Å²) in [6.45, 7) is 8.08. The Morgan fingerprint density at radius 1 is 1.14 bits per heavy atom. The average Bonchev–Trinajstić information content (AvgIpc) is 2.90. The number of halogens is 1. The van der Waals surface area contributed by atoms with Crippen molar-refractivity contribution in [2.24, 2.45) is 0 Å². The molecule has 8 heteroatoms. The van der Waals surface area contributed by atoms with Gasteiger partial charge in [-0.05, 0) is 55.7 Å². The van der Waals surface area contributed by atoms with Crippen molar-refractivity contribution in [2.75, 3.05) is 59.6 Å². The van der Waals surface area contributed by atoms with E-state index in [1.807, 2.05) is 30.4 Å². The van der Waals surface area contributed by atoms with Gasteiger partial charge in [0.1, 0.15) is 0 Å². The molecule has 1 atom stereocenters. The molecule has 2 fully saturated rings. The average molecular weight is 504 g/mol. The van der Waals surface area contributed by atoms with Gasteiger partial charge in [-0.25, -0.2) is 0 Å². The zero-order chi connectivity index (χ0) is 24.5. The van der Waals surface area contributed by atoms with Gasteiger partial charge in [-0.1, -0.05) is 29.8 Å². The quantitative estimate of drug-likeness (QED) is 0.390. The highest BCUT2D eigenvalue weighted by Gasteiger charge is 2.34. The summed E-state index contributed by atoms with van der Waals surface area (Å²) in [4.78, 5) is 17.4.